The SMILES string of the molecule is N#Cc1cc([N+](=O)[O-])ccc1N1CC2CCC(C1)O2. The fraction of sp³-hybridized carbons (Fsp3) is 0.462. The van der Waals surface area contributed by atoms with Crippen molar-refractivity contribution in [3.63, 3.8) is 0 Å². The van der Waals surface area contributed by atoms with E-state index in [1.807, 2.05) is 0 Å². The maximum absolute atomic E-state index is 10.7. The molecule has 3 rings (SSSR count). The molecule has 2 atom stereocenters. The monoisotopic (exact) mass is 259 g/mol. The first-order chi connectivity index (χ1) is 9.17. The molecule has 1 aromatic carbocycles. The van der Waals surface area contributed by atoms with Gasteiger partial charge in [-0.05, 0) is 18.9 Å². The predicted molar refractivity (Wildman–Crippen MR) is 67.9 cm³/mol. The standard InChI is InChI=1S/C13H13N3O3/c14-6-9-5-10(16(17)18)1-4-13(9)15-7-11-2-3-12(8-15)19-11/h1,4-5,11-12H,2-3,7-8H2. The van der Waals surface area contributed by atoms with Crippen LogP contribution < -0.4 is 4.90 Å². The van der Waals surface area contributed by atoms with Gasteiger partial charge in [-0.25, -0.2) is 0 Å². The van der Waals surface area contributed by atoms with E-state index in [2.05, 4.69) is 11.0 Å². The summed E-state index contributed by atoms with van der Waals surface area (Å²) in [6.07, 6.45) is 2.55. The minimum atomic E-state index is -0.479. The van der Waals surface area contributed by atoms with Gasteiger partial charge in [-0.2, -0.15) is 5.26 Å². The molecule has 2 unspecified atom stereocenters. The van der Waals surface area contributed by atoms with Crippen LogP contribution in [0.4, 0.5) is 11.4 Å². The average Bonchev–Trinajstić information content (AvgIpc) is 2.76. The van der Waals surface area contributed by atoms with Crippen molar-refractivity contribution in [1.82, 2.24) is 0 Å². The summed E-state index contributed by atoms with van der Waals surface area (Å²) in [6, 6.07) is 6.51. The highest BCUT2D eigenvalue weighted by atomic mass is 16.6. The molecule has 1 aromatic rings. The van der Waals surface area contributed by atoms with Gasteiger partial charge < -0.3 is 9.64 Å². The highest BCUT2D eigenvalue weighted by molar-refractivity contribution is 5.63. The maximum atomic E-state index is 10.7. The van der Waals surface area contributed by atoms with Crippen LogP contribution in [0.15, 0.2) is 18.2 Å². The van der Waals surface area contributed by atoms with E-state index in [0.717, 1.165) is 31.6 Å². The molecule has 6 nitrogen and oxygen atoms in total. The molecular weight excluding hydrogens is 246 g/mol. The lowest BCUT2D eigenvalue weighted by molar-refractivity contribution is -0.384. The third-order valence-electron chi connectivity index (χ3n) is 3.70. The third kappa shape index (κ3) is 2.13. The Morgan fingerprint density at radius 3 is 2.63 bits per heavy atom. The number of nitriles is 1. The van der Waals surface area contributed by atoms with Gasteiger partial charge in [0.2, 0.25) is 0 Å². The van der Waals surface area contributed by atoms with Crippen LogP contribution in [-0.2, 0) is 4.74 Å². The number of rotatable bonds is 2. The van der Waals surface area contributed by atoms with Gasteiger partial charge in [-0.1, -0.05) is 0 Å². The Morgan fingerprint density at radius 2 is 2.05 bits per heavy atom. The van der Waals surface area contributed by atoms with Gasteiger partial charge in [-0.15, -0.1) is 0 Å². The number of non-ortho nitro benzene ring substituents is 1. The molecule has 0 aromatic heterocycles. The molecule has 0 aliphatic carbocycles. The molecule has 6 heteroatoms. The molecule has 0 N–H and O–H groups in total. The van der Waals surface area contributed by atoms with Crippen LogP contribution in [0, 0.1) is 21.4 Å². The molecule has 2 aliphatic rings. The lowest BCUT2D eigenvalue weighted by Gasteiger charge is -2.34. The largest absolute Gasteiger partial charge is 0.371 e. The van der Waals surface area contributed by atoms with Crippen molar-refractivity contribution in [3.05, 3.63) is 33.9 Å². The van der Waals surface area contributed by atoms with E-state index >= 15 is 0 Å². The van der Waals surface area contributed by atoms with E-state index in [-0.39, 0.29) is 17.9 Å². The first-order valence-electron chi connectivity index (χ1n) is 6.26. The number of nitro groups is 1. The molecule has 2 fully saturated rings. The van der Waals surface area contributed by atoms with E-state index in [4.69, 9.17) is 4.74 Å². The molecule has 2 aliphatic heterocycles. The average molecular weight is 259 g/mol. The van der Waals surface area contributed by atoms with Crippen LogP contribution in [0.2, 0.25) is 0 Å². The van der Waals surface area contributed by atoms with Gasteiger partial charge in [-0.3, -0.25) is 10.1 Å². The minimum absolute atomic E-state index is 0.0449. The minimum Gasteiger partial charge on any atom is -0.371 e. The summed E-state index contributed by atoms with van der Waals surface area (Å²) in [5.74, 6) is 0. The first kappa shape index (κ1) is 11.9. The summed E-state index contributed by atoms with van der Waals surface area (Å²) >= 11 is 0. The molecule has 98 valence electrons. The maximum Gasteiger partial charge on any atom is 0.270 e. The second-order valence-corrected chi connectivity index (χ2v) is 4.93. The molecule has 2 saturated heterocycles. The lowest BCUT2D eigenvalue weighted by atomic mass is 10.1. The number of nitrogens with zero attached hydrogens (tertiary/aromatic N) is 3. The van der Waals surface area contributed by atoms with Crippen molar-refractivity contribution < 1.29 is 9.66 Å². The number of fused-ring (bicyclic) bond motifs is 2. The first-order valence-corrected chi connectivity index (χ1v) is 6.26. The number of nitro benzene ring substituents is 1. The second kappa shape index (κ2) is 4.52. The quantitative estimate of drug-likeness (QED) is 0.598. The number of hydrogen-bond donors (Lipinski definition) is 0. The van der Waals surface area contributed by atoms with Crippen molar-refractivity contribution in [3.8, 4) is 6.07 Å². The number of morpholine rings is 1. The zero-order chi connectivity index (χ0) is 13.4. The van der Waals surface area contributed by atoms with Crippen LogP contribution in [0.3, 0.4) is 0 Å². The highest BCUT2D eigenvalue weighted by Crippen LogP contribution is 2.32. The van der Waals surface area contributed by atoms with Crippen LogP contribution in [-0.4, -0.2) is 30.2 Å². The van der Waals surface area contributed by atoms with E-state index in [9.17, 15) is 15.4 Å². The van der Waals surface area contributed by atoms with Gasteiger partial charge in [0.1, 0.15) is 6.07 Å². The molecule has 19 heavy (non-hydrogen) atoms. The second-order valence-electron chi connectivity index (χ2n) is 4.93. The van der Waals surface area contributed by atoms with Gasteiger partial charge in [0.25, 0.3) is 5.69 Å². The summed E-state index contributed by atoms with van der Waals surface area (Å²) in [5, 5.41) is 19.9. The highest BCUT2D eigenvalue weighted by Gasteiger charge is 2.34. The van der Waals surface area contributed by atoms with Gasteiger partial charge >= 0.3 is 0 Å². The molecule has 0 amide bonds. The zero-order valence-electron chi connectivity index (χ0n) is 10.3. The van der Waals surface area contributed by atoms with Crippen molar-refractivity contribution in [2.24, 2.45) is 0 Å². The summed E-state index contributed by atoms with van der Waals surface area (Å²) in [4.78, 5) is 12.4. The Labute approximate surface area is 110 Å². The Morgan fingerprint density at radius 1 is 1.37 bits per heavy atom. The normalized spacial score (nSPS) is 25.1. The van der Waals surface area contributed by atoms with Crippen molar-refractivity contribution >= 4 is 11.4 Å². The van der Waals surface area contributed by atoms with Crippen molar-refractivity contribution in [2.75, 3.05) is 18.0 Å². The summed E-state index contributed by atoms with van der Waals surface area (Å²) in [7, 11) is 0. The zero-order valence-corrected chi connectivity index (χ0v) is 10.3. The van der Waals surface area contributed by atoms with Crippen LogP contribution >= 0.6 is 0 Å². The fourth-order valence-electron chi connectivity index (χ4n) is 2.81. The van der Waals surface area contributed by atoms with E-state index in [0.29, 0.717) is 5.56 Å². The van der Waals surface area contributed by atoms with Crippen LogP contribution in [0.25, 0.3) is 0 Å². The summed E-state index contributed by atoms with van der Waals surface area (Å²) in [5.41, 5.74) is 1.08. The Kier molecular flexibility index (Phi) is 2.84. The molecular formula is C13H13N3O3. The Balaban J connectivity index is 1.92. The number of hydrogen-bond acceptors (Lipinski definition) is 5. The van der Waals surface area contributed by atoms with E-state index in [1.165, 1.54) is 12.1 Å². The smallest absolute Gasteiger partial charge is 0.270 e. The van der Waals surface area contributed by atoms with E-state index in [1.54, 1.807) is 6.07 Å². The Bertz CT molecular complexity index is 555. The molecule has 0 radical (unpaired) electrons. The Hall–Kier alpha value is -2.13. The molecule has 2 heterocycles. The molecule has 0 spiro atoms. The molecule has 2 bridgehead atoms. The fourth-order valence-corrected chi connectivity index (χ4v) is 2.81. The number of benzene rings is 1. The van der Waals surface area contributed by atoms with Gasteiger partial charge in [0.15, 0.2) is 0 Å². The van der Waals surface area contributed by atoms with Crippen LogP contribution in [0.1, 0.15) is 18.4 Å². The van der Waals surface area contributed by atoms with Gasteiger partial charge in [0, 0.05) is 25.2 Å². The van der Waals surface area contributed by atoms with Crippen molar-refractivity contribution in [2.45, 2.75) is 25.0 Å². The summed E-state index contributed by atoms with van der Waals surface area (Å²) in [6.45, 7) is 1.51. The number of anilines is 1. The van der Waals surface area contributed by atoms with Crippen molar-refractivity contribution in [1.29, 1.82) is 5.26 Å². The number of ether oxygens (including phenoxy) is 1. The predicted octanol–water partition coefficient (Wildman–Crippen LogP) is 1.83. The third-order valence-corrected chi connectivity index (χ3v) is 3.70. The van der Waals surface area contributed by atoms with E-state index < -0.39 is 4.92 Å². The molecule has 0 saturated carbocycles. The van der Waals surface area contributed by atoms with Gasteiger partial charge in [0.05, 0.1) is 28.4 Å². The summed E-state index contributed by atoms with van der Waals surface area (Å²) < 4.78 is 5.75. The lowest BCUT2D eigenvalue weighted by Crippen LogP contribution is -2.42. The topological polar surface area (TPSA) is 79.4 Å². The van der Waals surface area contributed by atoms with Crippen LogP contribution in [0.5, 0.6) is 0 Å².